The van der Waals surface area contributed by atoms with Crippen molar-refractivity contribution in [3.8, 4) is 0 Å². The van der Waals surface area contributed by atoms with E-state index in [1.165, 1.54) is 24.7 Å². The van der Waals surface area contributed by atoms with Crippen molar-refractivity contribution < 1.29 is 28.7 Å². The number of ether oxygens (including phenoxy) is 2. The average molecular weight is 695 g/mol. The van der Waals surface area contributed by atoms with Crippen LogP contribution in [-0.4, -0.2) is 122 Å². The Balaban J connectivity index is 0.000000629. The molecule has 17 heteroatoms. The van der Waals surface area contributed by atoms with Gasteiger partial charge in [-0.05, 0) is 44.6 Å². The van der Waals surface area contributed by atoms with E-state index in [2.05, 4.69) is 25.1 Å². The molecule has 1 amide bonds. The molecular formula is C27H42BCl3N6O6P. The lowest BCUT2D eigenvalue weighted by atomic mass is 10.2. The Morgan fingerprint density at radius 1 is 0.932 bits per heavy atom. The minimum atomic E-state index is -1.06. The number of amides is 1. The van der Waals surface area contributed by atoms with Crippen LogP contribution in [-0.2, 0) is 14.0 Å². The van der Waals surface area contributed by atoms with E-state index in [1.807, 2.05) is 0 Å². The summed E-state index contributed by atoms with van der Waals surface area (Å²) in [7, 11) is -0.111. The molecule has 2 aromatic heterocycles. The lowest BCUT2D eigenvalue weighted by Gasteiger charge is -2.26. The van der Waals surface area contributed by atoms with Crippen LogP contribution in [0, 0.1) is 0 Å². The maximum Gasteiger partial charge on any atom is 0.361 e. The molecule has 0 aliphatic carbocycles. The van der Waals surface area contributed by atoms with Crippen molar-refractivity contribution in [1.82, 2.24) is 25.1 Å². The van der Waals surface area contributed by atoms with Gasteiger partial charge in [0.15, 0.2) is 0 Å². The Labute approximate surface area is 277 Å². The molecule has 44 heavy (non-hydrogen) atoms. The smallest absolute Gasteiger partial charge is 0.361 e. The number of nitrogens with zero attached hydrogens (tertiary/aromatic N) is 4. The summed E-state index contributed by atoms with van der Waals surface area (Å²) in [6.07, 6.45) is 8.75. The van der Waals surface area contributed by atoms with Crippen molar-refractivity contribution in [3.05, 3.63) is 58.1 Å². The molecule has 0 spiro atoms. The first-order valence-electron chi connectivity index (χ1n) is 13.6. The maximum absolute atomic E-state index is 11.8. The Bertz CT molecular complexity index is 1070. The predicted octanol–water partition coefficient (Wildman–Crippen LogP) is 3.97. The number of halogens is 3. The lowest BCUT2D eigenvalue weighted by molar-refractivity contribution is 0.0374. The van der Waals surface area contributed by atoms with Gasteiger partial charge in [0.05, 0.1) is 47.6 Å². The molecule has 2 aliphatic heterocycles. The quantitative estimate of drug-likeness (QED) is 0.188. The Morgan fingerprint density at radius 2 is 1.39 bits per heavy atom. The Morgan fingerprint density at radius 3 is 1.77 bits per heavy atom. The highest BCUT2D eigenvalue weighted by Gasteiger charge is 2.12. The van der Waals surface area contributed by atoms with Gasteiger partial charge in [-0.2, -0.15) is 11.5 Å². The fourth-order valence-corrected chi connectivity index (χ4v) is 4.02. The molecule has 2 fully saturated rings. The van der Waals surface area contributed by atoms with E-state index < -0.39 is 5.97 Å². The van der Waals surface area contributed by atoms with E-state index >= 15 is 0 Å². The fraction of sp³-hybridized carbons (Fsp3) is 0.556. The van der Waals surface area contributed by atoms with Crippen LogP contribution in [0.4, 0.5) is 0 Å². The fourth-order valence-electron chi connectivity index (χ4n) is 3.64. The van der Waals surface area contributed by atoms with Gasteiger partial charge in [-0.1, -0.05) is 30.6 Å². The Kier molecular flexibility index (Phi) is 26.2. The molecule has 0 bridgehead atoms. The minimum Gasteiger partial charge on any atom is -0.478 e. The zero-order chi connectivity index (χ0) is 31.7. The number of carboxylic acid groups (broad SMARTS) is 1. The van der Waals surface area contributed by atoms with Gasteiger partial charge in [0, 0.05) is 57.5 Å². The van der Waals surface area contributed by atoms with Crippen molar-refractivity contribution in [2.24, 2.45) is 5.73 Å². The standard InChI is InChI=1S/C13H18ClN3O2.C7H16N2O.C6H4ClNO2.CH4.BClOP/c14-12-2-4-15-10-11(12)13(18)16-3-1-5-17-6-8-19-9-7-17;8-2-1-3-9-4-6-10-7-5-9;7-5-1-2-8-3-4(5)6(9)10;;2-1-4-3/h2,4,10H,1,3,5-9H2,(H,16,18);1-8H2;1-3H,(H,9,10);1H4;. The van der Waals surface area contributed by atoms with Crippen LogP contribution in [0.3, 0.4) is 0 Å². The number of carbonyl (C=O) groups excluding carboxylic acids is 1. The van der Waals surface area contributed by atoms with Crippen LogP contribution in [0.15, 0.2) is 36.9 Å². The molecule has 2 aliphatic rings. The second-order valence-electron chi connectivity index (χ2n) is 8.88. The summed E-state index contributed by atoms with van der Waals surface area (Å²) in [5.74, 6) is -1.22. The van der Waals surface area contributed by atoms with E-state index in [1.54, 1.807) is 12.3 Å². The normalized spacial score (nSPS) is 14.6. The number of hydrogen-bond donors (Lipinski definition) is 3. The third-order valence-corrected chi connectivity index (χ3v) is 6.85. The van der Waals surface area contributed by atoms with Gasteiger partial charge in [0.25, 0.3) is 5.91 Å². The van der Waals surface area contributed by atoms with Crippen LogP contribution in [0.25, 0.3) is 0 Å². The zero-order valence-corrected chi connectivity index (χ0v) is 27.0. The summed E-state index contributed by atoms with van der Waals surface area (Å²) in [5.41, 5.74) is 5.85. The van der Waals surface area contributed by atoms with Gasteiger partial charge in [-0.3, -0.25) is 29.1 Å². The average Bonchev–Trinajstić information content (AvgIpc) is 3.04. The molecule has 2 aromatic rings. The third-order valence-electron chi connectivity index (χ3n) is 5.87. The third kappa shape index (κ3) is 19.5. The number of rotatable bonds is 10. The molecule has 4 N–H and O–H groups in total. The monoisotopic (exact) mass is 693 g/mol. The second kappa shape index (κ2) is 27.4. The van der Waals surface area contributed by atoms with Crippen molar-refractivity contribution >= 4 is 61.3 Å². The highest BCUT2D eigenvalue weighted by atomic mass is 35.5. The van der Waals surface area contributed by atoms with E-state index in [-0.39, 0.29) is 32.3 Å². The summed E-state index contributed by atoms with van der Waals surface area (Å²) >= 11 is 16.2. The summed E-state index contributed by atoms with van der Waals surface area (Å²) < 4.78 is 19.6. The molecule has 4 rings (SSSR count). The molecule has 4 heterocycles. The topological polar surface area (TPSA) is 160 Å². The number of aromatic nitrogens is 2. The number of hydrogen-bond acceptors (Lipinski definition) is 10. The summed E-state index contributed by atoms with van der Waals surface area (Å²) in [6.45, 7) is 11.1. The van der Waals surface area contributed by atoms with Crippen LogP contribution < -0.4 is 11.1 Å². The Hall–Kier alpha value is -1.93. The van der Waals surface area contributed by atoms with Crippen LogP contribution in [0.5, 0.6) is 0 Å². The first-order valence-corrected chi connectivity index (χ1v) is 15.7. The van der Waals surface area contributed by atoms with Gasteiger partial charge in [0.2, 0.25) is 0 Å². The second-order valence-corrected chi connectivity index (χ2v) is 10.7. The van der Waals surface area contributed by atoms with E-state index in [0.717, 1.165) is 91.5 Å². The number of nitrogens with two attached hydrogens (primary N) is 1. The lowest BCUT2D eigenvalue weighted by Crippen LogP contribution is -2.38. The van der Waals surface area contributed by atoms with Gasteiger partial charge < -0.3 is 25.6 Å². The van der Waals surface area contributed by atoms with Crippen LogP contribution >= 0.6 is 43.0 Å². The van der Waals surface area contributed by atoms with Crippen molar-refractivity contribution in [2.75, 3.05) is 78.8 Å². The molecule has 0 unspecified atom stereocenters. The maximum atomic E-state index is 11.8. The molecule has 0 atom stereocenters. The molecule has 1 radical (unpaired) electrons. The first kappa shape index (κ1) is 42.1. The zero-order valence-electron chi connectivity index (χ0n) is 23.9. The highest BCUT2D eigenvalue weighted by molar-refractivity contribution is 7.70. The van der Waals surface area contributed by atoms with E-state index in [4.69, 9.17) is 59.5 Å². The molecule has 245 valence electrons. The van der Waals surface area contributed by atoms with Crippen molar-refractivity contribution in [3.63, 3.8) is 0 Å². The summed E-state index contributed by atoms with van der Waals surface area (Å²) in [4.78, 5) is 34.4. The SMILES string of the molecule is C.NCCCN1CCOCC1.O=C(NCCCN1CCOCC1)c1cnccc1Cl.O=C(O)c1cnccc1Cl.O=P[B]Cl. The van der Waals surface area contributed by atoms with Crippen molar-refractivity contribution in [2.45, 2.75) is 20.3 Å². The summed E-state index contributed by atoms with van der Waals surface area (Å²) in [6, 6.07) is 3.05. The number of carboxylic acids is 1. The molecule has 0 aromatic carbocycles. The molecular weight excluding hydrogens is 652 g/mol. The van der Waals surface area contributed by atoms with Gasteiger partial charge in [0.1, 0.15) is 8.34 Å². The van der Waals surface area contributed by atoms with Gasteiger partial charge in [-0.15, -0.1) is 0 Å². The first-order chi connectivity index (χ1) is 20.8. The minimum absolute atomic E-state index is 0. The predicted molar refractivity (Wildman–Crippen MR) is 177 cm³/mol. The summed E-state index contributed by atoms with van der Waals surface area (Å²) in [5, 5.41) is 11.9. The molecule has 0 saturated carbocycles. The number of carbonyl (C=O) groups is 2. The number of pyridine rings is 2. The van der Waals surface area contributed by atoms with Gasteiger partial charge >= 0.3 is 12.4 Å². The van der Waals surface area contributed by atoms with E-state index in [0.29, 0.717) is 17.1 Å². The molecule has 12 nitrogen and oxygen atoms in total. The number of aromatic carboxylic acids is 1. The molecule has 2 saturated heterocycles. The van der Waals surface area contributed by atoms with Crippen LogP contribution in [0.1, 0.15) is 41.0 Å². The van der Waals surface area contributed by atoms with Crippen LogP contribution in [0.2, 0.25) is 10.0 Å². The van der Waals surface area contributed by atoms with Gasteiger partial charge in [-0.25, -0.2) is 4.79 Å². The highest BCUT2D eigenvalue weighted by Crippen LogP contribution is 2.13. The largest absolute Gasteiger partial charge is 0.478 e. The number of morpholine rings is 2. The van der Waals surface area contributed by atoms with Crippen molar-refractivity contribution in [1.29, 1.82) is 0 Å². The number of nitrogens with one attached hydrogen (secondary N) is 1. The van der Waals surface area contributed by atoms with E-state index in [9.17, 15) is 9.59 Å².